The quantitative estimate of drug-likeness (QED) is 0.873. The second-order valence-corrected chi connectivity index (χ2v) is 6.19. The van der Waals surface area contributed by atoms with Crippen molar-refractivity contribution in [2.24, 2.45) is 0 Å². The summed E-state index contributed by atoms with van der Waals surface area (Å²) in [7, 11) is 3.27. The molecule has 3 rings (SSSR count). The Labute approximate surface area is 148 Å². The molecule has 1 aliphatic heterocycles. The minimum atomic E-state index is -0.187. The first-order valence-electron chi connectivity index (χ1n) is 8.46. The molecule has 5 nitrogen and oxygen atoms in total. The minimum absolute atomic E-state index is 0.0124. The minimum Gasteiger partial charge on any atom is -0.493 e. The normalized spacial score (nSPS) is 21.9. The zero-order valence-electron chi connectivity index (χ0n) is 14.9. The van der Waals surface area contributed by atoms with E-state index >= 15 is 0 Å². The van der Waals surface area contributed by atoms with E-state index in [0.717, 1.165) is 11.1 Å². The summed E-state index contributed by atoms with van der Waals surface area (Å²) < 4.78 is 16.8. The predicted molar refractivity (Wildman–Crippen MR) is 95.8 cm³/mol. The molecule has 0 aliphatic carbocycles. The van der Waals surface area contributed by atoms with Crippen LogP contribution in [0.25, 0.3) is 0 Å². The van der Waals surface area contributed by atoms with Gasteiger partial charge >= 0.3 is 0 Å². The van der Waals surface area contributed by atoms with Crippen molar-refractivity contribution >= 4 is 0 Å². The van der Waals surface area contributed by atoms with Crippen LogP contribution in [-0.2, 0) is 4.74 Å². The molecule has 25 heavy (non-hydrogen) atoms. The van der Waals surface area contributed by atoms with Crippen molar-refractivity contribution in [2.75, 3.05) is 27.4 Å². The maximum atomic E-state index is 9.56. The van der Waals surface area contributed by atoms with Gasteiger partial charge in [0.15, 0.2) is 11.5 Å². The van der Waals surface area contributed by atoms with Crippen LogP contribution in [0.1, 0.15) is 30.3 Å². The lowest BCUT2D eigenvalue weighted by atomic mass is 10.0. The highest BCUT2D eigenvalue weighted by Gasteiger charge is 2.37. The van der Waals surface area contributed by atoms with Crippen LogP contribution in [-0.4, -0.2) is 43.5 Å². The largest absolute Gasteiger partial charge is 0.493 e. The number of aliphatic hydroxyl groups is 1. The first-order valence-corrected chi connectivity index (χ1v) is 8.46. The van der Waals surface area contributed by atoms with Crippen LogP contribution >= 0.6 is 0 Å². The molecule has 0 saturated carbocycles. The van der Waals surface area contributed by atoms with E-state index < -0.39 is 0 Å². The smallest absolute Gasteiger partial charge is 0.161 e. The van der Waals surface area contributed by atoms with Crippen molar-refractivity contribution < 1.29 is 19.3 Å². The van der Waals surface area contributed by atoms with Gasteiger partial charge in [-0.1, -0.05) is 36.4 Å². The Kier molecular flexibility index (Phi) is 5.58. The maximum absolute atomic E-state index is 9.56. The van der Waals surface area contributed by atoms with Crippen molar-refractivity contribution in [1.82, 2.24) is 4.90 Å². The molecule has 5 heteroatoms. The third-order valence-corrected chi connectivity index (χ3v) is 4.71. The van der Waals surface area contributed by atoms with Crippen molar-refractivity contribution in [3.8, 4) is 11.5 Å². The van der Waals surface area contributed by atoms with Crippen LogP contribution in [0.15, 0.2) is 48.5 Å². The number of hydrogen-bond donors (Lipinski definition) is 1. The van der Waals surface area contributed by atoms with Crippen LogP contribution in [0.4, 0.5) is 0 Å². The monoisotopic (exact) mass is 343 g/mol. The number of aliphatic hydroxyl groups excluding tert-OH is 1. The molecule has 0 aromatic heterocycles. The van der Waals surface area contributed by atoms with E-state index in [4.69, 9.17) is 14.2 Å². The molecule has 3 atom stereocenters. The first kappa shape index (κ1) is 17.7. The molecule has 1 fully saturated rings. The summed E-state index contributed by atoms with van der Waals surface area (Å²) in [6.07, 6.45) is -0.366. The second-order valence-electron chi connectivity index (χ2n) is 6.19. The fraction of sp³-hybridized carbons (Fsp3) is 0.400. The molecular formula is C20H25NO4. The molecule has 1 saturated heterocycles. The molecule has 0 bridgehead atoms. The number of methoxy groups -OCH3 is 2. The molecule has 3 unspecified atom stereocenters. The molecule has 0 radical (unpaired) electrons. The van der Waals surface area contributed by atoms with Gasteiger partial charge in [-0.25, -0.2) is 0 Å². The fourth-order valence-corrected chi connectivity index (χ4v) is 3.29. The third-order valence-electron chi connectivity index (χ3n) is 4.71. The zero-order chi connectivity index (χ0) is 17.8. The lowest BCUT2D eigenvalue weighted by Gasteiger charge is -2.30. The molecule has 134 valence electrons. The number of ether oxygens (including phenoxy) is 3. The first-order chi connectivity index (χ1) is 12.2. The Balaban J connectivity index is 1.89. The van der Waals surface area contributed by atoms with E-state index in [1.807, 2.05) is 36.4 Å². The Morgan fingerprint density at radius 3 is 2.48 bits per heavy atom. The average molecular weight is 343 g/mol. The van der Waals surface area contributed by atoms with Gasteiger partial charge in [0, 0.05) is 12.6 Å². The lowest BCUT2D eigenvalue weighted by molar-refractivity contribution is -0.0288. The zero-order valence-corrected chi connectivity index (χ0v) is 14.9. The summed E-state index contributed by atoms with van der Waals surface area (Å²) in [5, 5.41) is 9.56. The molecule has 2 aromatic rings. The van der Waals surface area contributed by atoms with Crippen LogP contribution in [0.2, 0.25) is 0 Å². The standard InChI is InChI=1S/C20H25NO4/c1-14(16-9-10-18(23-2)19(11-16)24-3)21-12-17(13-22)25-20(21)15-7-5-4-6-8-15/h4-11,14,17,20,22H,12-13H2,1-3H3. The summed E-state index contributed by atoms with van der Waals surface area (Å²) >= 11 is 0. The van der Waals surface area contributed by atoms with Crippen molar-refractivity contribution in [3.63, 3.8) is 0 Å². The lowest BCUT2D eigenvalue weighted by Crippen LogP contribution is -2.28. The molecule has 0 spiro atoms. The van der Waals surface area contributed by atoms with Crippen LogP contribution in [0, 0.1) is 0 Å². The van der Waals surface area contributed by atoms with Crippen molar-refractivity contribution in [1.29, 1.82) is 0 Å². The maximum Gasteiger partial charge on any atom is 0.161 e. The van der Waals surface area contributed by atoms with Crippen LogP contribution < -0.4 is 9.47 Å². The topological polar surface area (TPSA) is 51.2 Å². The Morgan fingerprint density at radius 2 is 1.84 bits per heavy atom. The highest BCUT2D eigenvalue weighted by Crippen LogP contribution is 2.39. The molecule has 1 heterocycles. The van der Waals surface area contributed by atoms with Gasteiger partial charge in [0.05, 0.1) is 26.9 Å². The number of benzene rings is 2. The summed E-state index contributed by atoms with van der Waals surface area (Å²) in [5.74, 6) is 1.42. The molecule has 1 aliphatic rings. The van der Waals surface area contributed by atoms with Crippen molar-refractivity contribution in [2.45, 2.75) is 25.3 Å². The summed E-state index contributed by atoms with van der Waals surface area (Å²) in [6.45, 7) is 2.82. The fourth-order valence-electron chi connectivity index (χ4n) is 3.29. The number of rotatable bonds is 6. The van der Waals surface area contributed by atoms with Gasteiger partial charge in [0.2, 0.25) is 0 Å². The Hall–Kier alpha value is -2.08. The van der Waals surface area contributed by atoms with Gasteiger partial charge < -0.3 is 19.3 Å². The molecule has 2 aromatic carbocycles. The number of hydrogen-bond acceptors (Lipinski definition) is 5. The second kappa shape index (κ2) is 7.87. The van der Waals surface area contributed by atoms with Gasteiger partial charge in [0.25, 0.3) is 0 Å². The van der Waals surface area contributed by atoms with Crippen LogP contribution in [0.3, 0.4) is 0 Å². The van der Waals surface area contributed by atoms with E-state index in [1.165, 1.54) is 0 Å². The van der Waals surface area contributed by atoms with E-state index in [1.54, 1.807) is 14.2 Å². The van der Waals surface area contributed by atoms with Crippen LogP contribution in [0.5, 0.6) is 11.5 Å². The summed E-state index contributed by atoms with van der Waals surface area (Å²) in [6, 6.07) is 16.2. The summed E-state index contributed by atoms with van der Waals surface area (Å²) in [4.78, 5) is 2.26. The average Bonchev–Trinajstić information content (AvgIpc) is 3.12. The van der Waals surface area contributed by atoms with Gasteiger partial charge in [-0.3, -0.25) is 4.90 Å². The van der Waals surface area contributed by atoms with Crippen molar-refractivity contribution in [3.05, 3.63) is 59.7 Å². The highest BCUT2D eigenvalue weighted by molar-refractivity contribution is 5.43. The summed E-state index contributed by atoms with van der Waals surface area (Å²) in [5.41, 5.74) is 2.20. The SMILES string of the molecule is COc1ccc(C(C)N2CC(CO)OC2c2ccccc2)cc1OC. The third kappa shape index (κ3) is 3.63. The van der Waals surface area contributed by atoms with Gasteiger partial charge in [-0.15, -0.1) is 0 Å². The Bertz CT molecular complexity index is 691. The Morgan fingerprint density at radius 1 is 1.12 bits per heavy atom. The van der Waals surface area contributed by atoms with E-state index in [2.05, 4.69) is 24.0 Å². The highest BCUT2D eigenvalue weighted by atomic mass is 16.5. The van der Waals surface area contributed by atoms with Gasteiger partial charge in [-0.2, -0.15) is 0 Å². The van der Waals surface area contributed by atoms with E-state index in [-0.39, 0.29) is 25.0 Å². The van der Waals surface area contributed by atoms with Gasteiger partial charge in [-0.05, 0) is 30.2 Å². The molecule has 1 N–H and O–H groups in total. The molecule has 0 amide bonds. The molecular weight excluding hydrogens is 318 g/mol. The predicted octanol–water partition coefficient (Wildman–Crippen LogP) is 3.16. The van der Waals surface area contributed by atoms with E-state index in [9.17, 15) is 5.11 Å². The van der Waals surface area contributed by atoms with Gasteiger partial charge in [0.1, 0.15) is 6.23 Å². The number of nitrogens with zero attached hydrogens (tertiary/aromatic N) is 1. The van der Waals surface area contributed by atoms with E-state index in [0.29, 0.717) is 18.0 Å².